The van der Waals surface area contributed by atoms with E-state index in [1.165, 1.54) is 12.0 Å². The molecule has 0 aliphatic carbocycles. The molecule has 0 saturated carbocycles. The van der Waals surface area contributed by atoms with E-state index in [0.717, 1.165) is 17.2 Å². The molecule has 6 heteroatoms. The fourth-order valence-corrected chi connectivity index (χ4v) is 4.81. The maximum atomic E-state index is 13.6. The fraction of sp³-hybridized carbons (Fsp3) is 0.161. The number of nitrogens with zero attached hydrogens (tertiary/aromatic N) is 1. The van der Waals surface area contributed by atoms with Crippen molar-refractivity contribution in [1.82, 2.24) is 0 Å². The first-order valence-electron chi connectivity index (χ1n) is 12.2. The van der Waals surface area contributed by atoms with E-state index in [0.29, 0.717) is 34.9 Å². The van der Waals surface area contributed by atoms with E-state index < -0.39 is 17.7 Å². The van der Waals surface area contributed by atoms with E-state index in [9.17, 15) is 14.7 Å². The first-order chi connectivity index (χ1) is 18.0. The van der Waals surface area contributed by atoms with Crippen LogP contribution in [-0.4, -0.2) is 30.5 Å². The summed E-state index contributed by atoms with van der Waals surface area (Å²) in [6, 6.07) is 26.5. The number of hydrogen-bond acceptors (Lipinski definition) is 5. The lowest BCUT2D eigenvalue weighted by atomic mass is 9.92. The van der Waals surface area contributed by atoms with Crippen LogP contribution in [0, 0.1) is 0 Å². The van der Waals surface area contributed by atoms with Gasteiger partial charge in [-0.3, -0.25) is 14.5 Å². The molecule has 1 unspecified atom stereocenters. The number of rotatable bonds is 7. The smallest absolute Gasteiger partial charge is 0.300 e. The van der Waals surface area contributed by atoms with Crippen LogP contribution in [0.2, 0.25) is 0 Å². The van der Waals surface area contributed by atoms with Crippen LogP contribution in [-0.2, 0) is 9.59 Å². The molecule has 5 rings (SSSR count). The third kappa shape index (κ3) is 4.31. The van der Waals surface area contributed by atoms with Gasteiger partial charge >= 0.3 is 0 Å². The zero-order chi connectivity index (χ0) is 25.9. The molecule has 0 aromatic heterocycles. The lowest BCUT2D eigenvalue weighted by molar-refractivity contribution is -0.132. The van der Waals surface area contributed by atoms with E-state index in [2.05, 4.69) is 0 Å². The number of aliphatic hydroxyl groups excluding tert-OH is 1. The molecule has 0 spiro atoms. The van der Waals surface area contributed by atoms with Crippen LogP contribution in [0.1, 0.15) is 30.5 Å². The van der Waals surface area contributed by atoms with Gasteiger partial charge in [0.15, 0.2) is 0 Å². The van der Waals surface area contributed by atoms with Gasteiger partial charge in [-0.1, -0.05) is 73.7 Å². The van der Waals surface area contributed by atoms with Crippen LogP contribution in [0.5, 0.6) is 11.5 Å². The van der Waals surface area contributed by atoms with Crippen molar-refractivity contribution in [2.75, 3.05) is 18.6 Å². The Morgan fingerprint density at radius 3 is 2.46 bits per heavy atom. The molecule has 1 fully saturated rings. The number of para-hydroxylation sites is 1. The summed E-state index contributed by atoms with van der Waals surface area (Å²) < 4.78 is 11.4. The predicted octanol–water partition coefficient (Wildman–Crippen LogP) is 6.26. The molecule has 1 atom stereocenters. The minimum Gasteiger partial charge on any atom is -0.507 e. The van der Waals surface area contributed by atoms with Gasteiger partial charge in [-0.15, -0.1) is 0 Å². The number of methoxy groups -OCH3 is 1. The molecule has 6 nitrogen and oxygen atoms in total. The number of amides is 1. The summed E-state index contributed by atoms with van der Waals surface area (Å²) in [6.07, 6.45) is 0.834. The van der Waals surface area contributed by atoms with Crippen molar-refractivity contribution in [2.24, 2.45) is 0 Å². The highest BCUT2D eigenvalue weighted by Gasteiger charge is 2.48. The van der Waals surface area contributed by atoms with Gasteiger partial charge in [0, 0.05) is 22.9 Å². The number of ketones is 1. The monoisotopic (exact) mass is 493 g/mol. The summed E-state index contributed by atoms with van der Waals surface area (Å²) in [4.78, 5) is 28.6. The van der Waals surface area contributed by atoms with Crippen LogP contribution in [0.15, 0.2) is 96.6 Å². The average molecular weight is 494 g/mol. The minimum atomic E-state index is -0.906. The SMILES string of the molecule is CCCOc1cccc(N2C(=O)C(=O)/C(=C(/O)c3cccc4ccccc34)C2c2ccccc2OC)c1. The van der Waals surface area contributed by atoms with Crippen molar-refractivity contribution in [3.05, 3.63) is 108 Å². The lowest BCUT2D eigenvalue weighted by Gasteiger charge is -2.27. The number of benzene rings is 4. The van der Waals surface area contributed by atoms with Gasteiger partial charge in [0.25, 0.3) is 11.7 Å². The number of carbonyl (C=O) groups excluding carboxylic acids is 2. The van der Waals surface area contributed by atoms with Crippen molar-refractivity contribution in [2.45, 2.75) is 19.4 Å². The molecule has 1 heterocycles. The first-order valence-corrected chi connectivity index (χ1v) is 12.2. The highest BCUT2D eigenvalue weighted by atomic mass is 16.5. The second-order valence-electron chi connectivity index (χ2n) is 8.78. The van der Waals surface area contributed by atoms with E-state index in [4.69, 9.17) is 9.47 Å². The zero-order valence-corrected chi connectivity index (χ0v) is 20.7. The number of Topliss-reactive ketones (excluding diaryl/α,β-unsaturated/α-hetero) is 1. The van der Waals surface area contributed by atoms with Crippen LogP contribution in [0.4, 0.5) is 5.69 Å². The van der Waals surface area contributed by atoms with Gasteiger partial charge in [-0.25, -0.2) is 0 Å². The third-order valence-electron chi connectivity index (χ3n) is 6.49. The molecule has 0 bridgehead atoms. The summed E-state index contributed by atoms with van der Waals surface area (Å²) in [5, 5.41) is 13.3. The van der Waals surface area contributed by atoms with Crippen molar-refractivity contribution in [3.63, 3.8) is 0 Å². The number of hydrogen-bond donors (Lipinski definition) is 1. The Hall–Kier alpha value is -4.58. The van der Waals surface area contributed by atoms with Crippen LogP contribution >= 0.6 is 0 Å². The van der Waals surface area contributed by atoms with E-state index in [-0.39, 0.29) is 11.3 Å². The Morgan fingerprint density at radius 1 is 0.919 bits per heavy atom. The number of ether oxygens (including phenoxy) is 2. The highest BCUT2D eigenvalue weighted by Crippen LogP contribution is 2.45. The van der Waals surface area contributed by atoms with E-state index in [1.54, 1.807) is 36.4 Å². The van der Waals surface area contributed by atoms with Gasteiger partial charge in [0.2, 0.25) is 0 Å². The number of anilines is 1. The van der Waals surface area contributed by atoms with Crippen LogP contribution in [0.25, 0.3) is 16.5 Å². The van der Waals surface area contributed by atoms with Crippen molar-refractivity contribution < 1.29 is 24.2 Å². The molecule has 1 aliphatic rings. The van der Waals surface area contributed by atoms with Crippen molar-refractivity contribution in [3.8, 4) is 11.5 Å². The Kier molecular flexibility index (Phi) is 6.64. The Labute approximate surface area is 215 Å². The van der Waals surface area contributed by atoms with Gasteiger partial charge in [0.1, 0.15) is 17.3 Å². The molecule has 1 N–H and O–H groups in total. The summed E-state index contributed by atoms with van der Waals surface area (Å²) >= 11 is 0. The maximum Gasteiger partial charge on any atom is 0.300 e. The molecular formula is C31H27NO5. The molecule has 37 heavy (non-hydrogen) atoms. The summed E-state index contributed by atoms with van der Waals surface area (Å²) in [7, 11) is 1.54. The van der Waals surface area contributed by atoms with Crippen molar-refractivity contribution in [1.29, 1.82) is 0 Å². The average Bonchev–Trinajstić information content (AvgIpc) is 3.21. The van der Waals surface area contributed by atoms with E-state index >= 15 is 0 Å². The van der Waals surface area contributed by atoms with Gasteiger partial charge in [0.05, 0.1) is 25.3 Å². The van der Waals surface area contributed by atoms with Crippen molar-refractivity contribution >= 4 is 33.9 Å². The maximum absolute atomic E-state index is 13.6. The minimum absolute atomic E-state index is 0.00531. The first kappa shape index (κ1) is 24.1. The Bertz CT molecular complexity index is 1520. The number of aliphatic hydroxyl groups is 1. The fourth-order valence-electron chi connectivity index (χ4n) is 4.81. The zero-order valence-electron chi connectivity index (χ0n) is 20.7. The molecule has 0 radical (unpaired) electrons. The molecule has 1 saturated heterocycles. The largest absolute Gasteiger partial charge is 0.507 e. The normalized spacial score (nSPS) is 16.8. The third-order valence-corrected chi connectivity index (χ3v) is 6.49. The number of fused-ring (bicyclic) bond motifs is 1. The molecule has 1 amide bonds. The van der Waals surface area contributed by atoms with Gasteiger partial charge in [-0.2, -0.15) is 0 Å². The lowest BCUT2D eigenvalue weighted by Crippen LogP contribution is -2.29. The number of carbonyl (C=O) groups is 2. The second kappa shape index (κ2) is 10.2. The highest BCUT2D eigenvalue weighted by molar-refractivity contribution is 6.52. The Morgan fingerprint density at radius 2 is 1.65 bits per heavy atom. The molecule has 4 aromatic rings. The molecule has 186 valence electrons. The van der Waals surface area contributed by atoms with Gasteiger partial charge in [-0.05, 0) is 35.4 Å². The summed E-state index contributed by atoms with van der Waals surface area (Å²) in [5.41, 5.74) is 1.57. The molecular weight excluding hydrogens is 466 g/mol. The topological polar surface area (TPSA) is 76.1 Å². The molecule has 4 aromatic carbocycles. The second-order valence-corrected chi connectivity index (χ2v) is 8.78. The summed E-state index contributed by atoms with van der Waals surface area (Å²) in [5.74, 6) is -0.630. The van der Waals surface area contributed by atoms with Crippen LogP contribution < -0.4 is 14.4 Å². The molecule has 1 aliphatic heterocycles. The predicted molar refractivity (Wildman–Crippen MR) is 144 cm³/mol. The quantitative estimate of drug-likeness (QED) is 0.187. The summed E-state index contributed by atoms with van der Waals surface area (Å²) in [6.45, 7) is 2.54. The van der Waals surface area contributed by atoms with E-state index in [1.807, 2.05) is 61.5 Å². The Balaban J connectivity index is 1.75. The standard InChI is InChI=1S/C31H27NO5/c1-3-18-37-22-13-9-12-21(19-22)32-28(25-15-6-7-17-26(25)36-2)27(30(34)31(32)35)29(33)24-16-8-11-20-10-4-5-14-23(20)24/h4-17,19,28,33H,3,18H2,1-2H3/b29-27+. The van der Waals surface area contributed by atoms with Gasteiger partial charge < -0.3 is 14.6 Å². The van der Waals surface area contributed by atoms with Crippen LogP contribution in [0.3, 0.4) is 0 Å².